The summed E-state index contributed by atoms with van der Waals surface area (Å²) in [6.07, 6.45) is 9.79. The first-order valence-corrected chi connectivity index (χ1v) is 8.18. The maximum atomic E-state index is 10.5. The van der Waals surface area contributed by atoms with Gasteiger partial charge in [0, 0.05) is 12.6 Å². The van der Waals surface area contributed by atoms with Gasteiger partial charge in [0.15, 0.2) is 0 Å². The summed E-state index contributed by atoms with van der Waals surface area (Å²) in [4.78, 5) is 2.53. The van der Waals surface area contributed by atoms with Crippen LogP contribution in [0, 0.1) is 11.8 Å². The van der Waals surface area contributed by atoms with Crippen molar-refractivity contribution < 1.29 is 5.11 Å². The second kappa shape index (κ2) is 6.55. The minimum absolute atomic E-state index is 0.418. The molecule has 4 unspecified atom stereocenters. The van der Waals surface area contributed by atoms with Crippen LogP contribution in [0.2, 0.25) is 0 Å². The Morgan fingerprint density at radius 1 is 1.26 bits per heavy atom. The highest BCUT2D eigenvalue weighted by molar-refractivity contribution is 4.93. The van der Waals surface area contributed by atoms with E-state index in [1.54, 1.807) is 0 Å². The van der Waals surface area contributed by atoms with Crippen molar-refractivity contribution in [1.29, 1.82) is 0 Å². The van der Waals surface area contributed by atoms with Crippen molar-refractivity contribution in [2.24, 2.45) is 17.6 Å². The number of nitrogens with zero attached hydrogens (tertiary/aromatic N) is 1. The van der Waals surface area contributed by atoms with E-state index in [0.717, 1.165) is 44.2 Å². The number of hydrogen-bond acceptors (Lipinski definition) is 3. The van der Waals surface area contributed by atoms with E-state index < -0.39 is 5.60 Å². The molecule has 3 heteroatoms. The van der Waals surface area contributed by atoms with Crippen LogP contribution in [0.3, 0.4) is 0 Å². The monoisotopic (exact) mass is 268 g/mol. The Kier molecular flexibility index (Phi) is 5.27. The van der Waals surface area contributed by atoms with Gasteiger partial charge in [-0.3, -0.25) is 0 Å². The standard InChI is InChI=1S/C16H32N2O/c1-13-5-3-7-15(11-13)18(2)10-8-14-6-4-9-16(14,19)12-17/h13-15,19H,3-12,17H2,1-2H3. The smallest absolute Gasteiger partial charge is 0.0797 e. The van der Waals surface area contributed by atoms with Crippen molar-refractivity contribution >= 4 is 0 Å². The second-order valence-corrected chi connectivity index (χ2v) is 7.09. The van der Waals surface area contributed by atoms with Gasteiger partial charge in [0.25, 0.3) is 0 Å². The molecule has 0 amide bonds. The van der Waals surface area contributed by atoms with Gasteiger partial charge in [-0.1, -0.05) is 26.2 Å². The largest absolute Gasteiger partial charge is 0.388 e. The Hall–Kier alpha value is -0.120. The van der Waals surface area contributed by atoms with Crippen LogP contribution >= 0.6 is 0 Å². The van der Waals surface area contributed by atoms with Gasteiger partial charge in [0.05, 0.1) is 5.60 Å². The topological polar surface area (TPSA) is 49.5 Å². The third-order valence-corrected chi connectivity index (χ3v) is 5.64. The summed E-state index contributed by atoms with van der Waals surface area (Å²) in [6, 6.07) is 0.760. The molecule has 4 atom stereocenters. The lowest BCUT2D eigenvalue weighted by molar-refractivity contribution is 0.00307. The van der Waals surface area contributed by atoms with E-state index in [0.29, 0.717) is 12.5 Å². The highest BCUT2D eigenvalue weighted by Gasteiger charge is 2.39. The zero-order chi connectivity index (χ0) is 13.9. The third kappa shape index (κ3) is 3.71. The molecule has 0 aromatic carbocycles. The van der Waals surface area contributed by atoms with Gasteiger partial charge in [-0.2, -0.15) is 0 Å². The fraction of sp³-hybridized carbons (Fsp3) is 1.00. The van der Waals surface area contributed by atoms with E-state index in [-0.39, 0.29) is 0 Å². The molecule has 0 radical (unpaired) electrons. The van der Waals surface area contributed by atoms with Gasteiger partial charge < -0.3 is 15.7 Å². The van der Waals surface area contributed by atoms with Crippen LogP contribution in [-0.2, 0) is 0 Å². The minimum atomic E-state index is -0.569. The van der Waals surface area contributed by atoms with Crippen LogP contribution in [0.1, 0.15) is 58.3 Å². The van der Waals surface area contributed by atoms with E-state index >= 15 is 0 Å². The Morgan fingerprint density at radius 3 is 2.74 bits per heavy atom. The molecule has 19 heavy (non-hydrogen) atoms. The Morgan fingerprint density at radius 2 is 2.05 bits per heavy atom. The first-order valence-electron chi connectivity index (χ1n) is 8.18. The second-order valence-electron chi connectivity index (χ2n) is 7.09. The fourth-order valence-corrected chi connectivity index (χ4v) is 4.15. The van der Waals surface area contributed by atoms with E-state index in [2.05, 4.69) is 18.9 Å². The van der Waals surface area contributed by atoms with Crippen molar-refractivity contribution in [3.05, 3.63) is 0 Å². The lowest BCUT2D eigenvalue weighted by Crippen LogP contribution is -2.43. The fourth-order valence-electron chi connectivity index (χ4n) is 4.15. The van der Waals surface area contributed by atoms with Gasteiger partial charge in [-0.25, -0.2) is 0 Å². The third-order valence-electron chi connectivity index (χ3n) is 5.64. The van der Waals surface area contributed by atoms with Gasteiger partial charge in [-0.05, 0) is 57.5 Å². The van der Waals surface area contributed by atoms with Crippen LogP contribution in [0.15, 0.2) is 0 Å². The van der Waals surface area contributed by atoms with Crippen LogP contribution in [0.25, 0.3) is 0 Å². The molecule has 0 aliphatic heterocycles. The summed E-state index contributed by atoms with van der Waals surface area (Å²) in [6.45, 7) is 3.93. The van der Waals surface area contributed by atoms with Gasteiger partial charge in [0.2, 0.25) is 0 Å². The van der Waals surface area contributed by atoms with Crippen LogP contribution in [0.5, 0.6) is 0 Å². The molecular weight excluding hydrogens is 236 g/mol. The summed E-state index contributed by atoms with van der Waals surface area (Å²) in [5.41, 5.74) is 5.19. The number of aliphatic hydroxyl groups is 1. The molecule has 0 aromatic heterocycles. The van der Waals surface area contributed by atoms with Crippen LogP contribution < -0.4 is 5.73 Å². The first kappa shape index (κ1) is 15.3. The van der Waals surface area contributed by atoms with E-state index in [4.69, 9.17) is 5.73 Å². The van der Waals surface area contributed by atoms with E-state index in [9.17, 15) is 5.11 Å². The maximum absolute atomic E-state index is 10.5. The van der Waals surface area contributed by atoms with Crippen molar-refractivity contribution in [2.45, 2.75) is 69.9 Å². The molecule has 0 bridgehead atoms. The van der Waals surface area contributed by atoms with Crippen LogP contribution in [0.4, 0.5) is 0 Å². The van der Waals surface area contributed by atoms with Crippen molar-refractivity contribution in [3.63, 3.8) is 0 Å². The SMILES string of the molecule is CC1CCCC(N(C)CCC2CCCC2(O)CN)C1. The van der Waals surface area contributed by atoms with E-state index in [1.807, 2.05) is 0 Å². The van der Waals surface area contributed by atoms with Gasteiger partial charge in [-0.15, -0.1) is 0 Å². The lowest BCUT2D eigenvalue weighted by Gasteiger charge is -2.36. The van der Waals surface area contributed by atoms with Crippen molar-refractivity contribution in [3.8, 4) is 0 Å². The van der Waals surface area contributed by atoms with Crippen LogP contribution in [-0.4, -0.2) is 41.8 Å². The molecule has 3 N–H and O–H groups in total. The molecule has 0 spiro atoms. The molecule has 3 nitrogen and oxygen atoms in total. The molecule has 2 fully saturated rings. The molecule has 2 aliphatic rings. The van der Waals surface area contributed by atoms with Crippen molar-refractivity contribution in [2.75, 3.05) is 20.1 Å². The van der Waals surface area contributed by atoms with Crippen molar-refractivity contribution in [1.82, 2.24) is 4.90 Å². The normalized spacial score (nSPS) is 39.9. The van der Waals surface area contributed by atoms with Gasteiger partial charge >= 0.3 is 0 Å². The summed E-state index contributed by atoms with van der Waals surface area (Å²) in [5.74, 6) is 1.30. The summed E-state index contributed by atoms with van der Waals surface area (Å²) >= 11 is 0. The summed E-state index contributed by atoms with van der Waals surface area (Å²) < 4.78 is 0. The molecule has 112 valence electrons. The molecule has 0 heterocycles. The molecule has 2 saturated carbocycles. The minimum Gasteiger partial charge on any atom is -0.388 e. The molecular formula is C16H32N2O. The zero-order valence-corrected chi connectivity index (χ0v) is 12.8. The average Bonchev–Trinajstić information content (AvgIpc) is 2.78. The number of rotatable bonds is 5. The average molecular weight is 268 g/mol. The lowest BCUT2D eigenvalue weighted by atomic mass is 9.85. The van der Waals surface area contributed by atoms with E-state index in [1.165, 1.54) is 25.7 Å². The summed E-state index contributed by atoms with van der Waals surface area (Å²) in [5, 5.41) is 10.5. The maximum Gasteiger partial charge on any atom is 0.0797 e. The summed E-state index contributed by atoms with van der Waals surface area (Å²) in [7, 11) is 2.26. The number of nitrogens with two attached hydrogens (primary N) is 1. The molecule has 0 aromatic rings. The Labute approximate surface area is 118 Å². The highest BCUT2D eigenvalue weighted by Crippen LogP contribution is 2.37. The molecule has 2 rings (SSSR count). The molecule has 2 aliphatic carbocycles. The molecule has 0 saturated heterocycles. The zero-order valence-electron chi connectivity index (χ0n) is 12.8. The van der Waals surface area contributed by atoms with Gasteiger partial charge in [0.1, 0.15) is 0 Å². The number of hydrogen-bond donors (Lipinski definition) is 2. The predicted molar refractivity (Wildman–Crippen MR) is 80.0 cm³/mol. The predicted octanol–water partition coefficient (Wildman–Crippen LogP) is 2.38. The Balaban J connectivity index is 1.78. The Bertz CT molecular complexity index is 284. The quantitative estimate of drug-likeness (QED) is 0.805. The highest BCUT2D eigenvalue weighted by atomic mass is 16.3. The first-order chi connectivity index (χ1) is 9.05.